The summed E-state index contributed by atoms with van der Waals surface area (Å²) in [5.74, 6) is 0. The predicted octanol–water partition coefficient (Wildman–Crippen LogP) is 1.71. The van der Waals surface area contributed by atoms with Crippen molar-refractivity contribution in [2.75, 3.05) is 19.7 Å². The Morgan fingerprint density at radius 3 is 2.69 bits per heavy atom. The molecule has 1 saturated heterocycles. The molecule has 78 valence electrons. The Balaban J connectivity index is 1.94. The zero-order chi connectivity index (χ0) is 9.73. The van der Waals surface area contributed by atoms with Crippen molar-refractivity contribution in [2.24, 2.45) is 0 Å². The summed E-state index contributed by atoms with van der Waals surface area (Å²) in [5.41, 5.74) is 0. The minimum atomic E-state index is -4.05. The topological polar surface area (TPSA) is 21.3 Å². The van der Waals surface area contributed by atoms with Crippen molar-refractivity contribution in [2.45, 2.75) is 31.5 Å². The summed E-state index contributed by atoms with van der Waals surface area (Å²) in [6.45, 7) is 1.27. The summed E-state index contributed by atoms with van der Waals surface area (Å²) in [7, 11) is 0. The first-order valence-electron chi connectivity index (χ1n) is 4.47. The van der Waals surface area contributed by atoms with Crippen LogP contribution in [-0.2, 0) is 4.74 Å². The fourth-order valence-corrected chi connectivity index (χ4v) is 1.30. The molecular weight excluding hydrogens is 183 g/mol. The summed E-state index contributed by atoms with van der Waals surface area (Å²) in [5, 5.41) is 2.74. The molecule has 13 heavy (non-hydrogen) atoms. The third-order valence-electron chi connectivity index (χ3n) is 1.98. The van der Waals surface area contributed by atoms with E-state index in [2.05, 4.69) is 5.32 Å². The maximum atomic E-state index is 11.7. The second-order valence-electron chi connectivity index (χ2n) is 3.20. The van der Waals surface area contributed by atoms with Crippen molar-refractivity contribution in [3.63, 3.8) is 0 Å². The van der Waals surface area contributed by atoms with E-state index in [1.807, 2.05) is 0 Å². The zero-order valence-electron chi connectivity index (χ0n) is 7.36. The molecule has 0 aromatic carbocycles. The fourth-order valence-electron chi connectivity index (χ4n) is 1.30. The number of hydrogen-bond donors (Lipinski definition) is 1. The van der Waals surface area contributed by atoms with E-state index < -0.39 is 12.6 Å². The highest BCUT2D eigenvalue weighted by Gasteiger charge is 2.26. The molecule has 1 heterocycles. The van der Waals surface area contributed by atoms with Gasteiger partial charge in [0.15, 0.2) is 0 Å². The molecule has 1 unspecified atom stereocenters. The molecule has 1 atom stereocenters. The lowest BCUT2D eigenvalue weighted by Crippen LogP contribution is -2.29. The summed E-state index contributed by atoms with van der Waals surface area (Å²) in [4.78, 5) is 0. The van der Waals surface area contributed by atoms with Gasteiger partial charge < -0.3 is 10.1 Å². The van der Waals surface area contributed by atoms with Crippen LogP contribution in [0.25, 0.3) is 0 Å². The Labute approximate surface area is 75.4 Å². The average molecular weight is 197 g/mol. The van der Waals surface area contributed by atoms with Gasteiger partial charge >= 0.3 is 6.18 Å². The zero-order valence-corrected chi connectivity index (χ0v) is 7.36. The van der Waals surface area contributed by atoms with Gasteiger partial charge in [0.25, 0.3) is 0 Å². The molecule has 1 N–H and O–H groups in total. The molecule has 0 amide bonds. The average Bonchev–Trinajstić information content (AvgIpc) is 2.48. The first-order valence-corrected chi connectivity index (χ1v) is 4.47. The Morgan fingerprint density at radius 2 is 2.15 bits per heavy atom. The first-order chi connectivity index (χ1) is 6.08. The van der Waals surface area contributed by atoms with E-state index in [9.17, 15) is 13.2 Å². The minimum Gasteiger partial charge on any atom is -0.377 e. The summed E-state index contributed by atoms with van der Waals surface area (Å²) in [6.07, 6.45) is -2.72. The van der Waals surface area contributed by atoms with Crippen LogP contribution in [0, 0.1) is 0 Å². The summed E-state index contributed by atoms with van der Waals surface area (Å²) < 4.78 is 40.3. The van der Waals surface area contributed by atoms with Gasteiger partial charge in [-0.1, -0.05) is 0 Å². The maximum Gasteiger partial charge on any atom is 0.390 e. The van der Waals surface area contributed by atoms with Gasteiger partial charge in [-0.3, -0.25) is 0 Å². The normalized spacial score (nSPS) is 23.8. The van der Waals surface area contributed by atoms with Gasteiger partial charge in [-0.15, -0.1) is 0 Å². The molecule has 0 radical (unpaired) electrons. The van der Waals surface area contributed by atoms with E-state index in [0.29, 0.717) is 6.54 Å². The van der Waals surface area contributed by atoms with E-state index in [0.717, 1.165) is 19.4 Å². The van der Waals surface area contributed by atoms with Gasteiger partial charge in [-0.25, -0.2) is 0 Å². The molecule has 2 nitrogen and oxygen atoms in total. The van der Waals surface area contributed by atoms with Crippen LogP contribution in [-0.4, -0.2) is 32.0 Å². The third-order valence-corrected chi connectivity index (χ3v) is 1.98. The summed E-state index contributed by atoms with van der Waals surface area (Å²) >= 11 is 0. The summed E-state index contributed by atoms with van der Waals surface area (Å²) in [6, 6.07) is 0. The molecule has 0 saturated carbocycles. The maximum absolute atomic E-state index is 11.7. The number of rotatable bonds is 4. The van der Waals surface area contributed by atoms with Crippen LogP contribution in [0.1, 0.15) is 19.3 Å². The van der Waals surface area contributed by atoms with Crippen molar-refractivity contribution >= 4 is 0 Å². The van der Waals surface area contributed by atoms with E-state index in [4.69, 9.17) is 4.74 Å². The number of alkyl halides is 3. The molecule has 1 rings (SSSR count). The van der Waals surface area contributed by atoms with Gasteiger partial charge in [-0.05, 0) is 12.8 Å². The molecule has 0 spiro atoms. The lowest BCUT2D eigenvalue weighted by atomic mass is 10.2. The smallest absolute Gasteiger partial charge is 0.377 e. The largest absolute Gasteiger partial charge is 0.390 e. The van der Waals surface area contributed by atoms with Crippen molar-refractivity contribution in [3.8, 4) is 0 Å². The SMILES string of the molecule is FC(F)(F)CCNCC1CCCO1. The Hall–Kier alpha value is -0.290. The Morgan fingerprint density at radius 1 is 1.38 bits per heavy atom. The van der Waals surface area contributed by atoms with Crippen LogP contribution in [0.5, 0.6) is 0 Å². The minimum absolute atomic E-state index is 0.0106. The number of nitrogens with one attached hydrogen (secondary N) is 1. The van der Waals surface area contributed by atoms with Crippen molar-refractivity contribution in [1.29, 1.82) is 0 Å². The lowest BCUT2D eigenvalue weighted by Gasteiger charge is -2.11. The van der Waals surface area contributed by atoms with Crippen LogP contribution >= 0.6 is 0 Å². The highest BCUT2D eigenvalue weighted by atomic mass is 19.4. The molecule has 0 aliphatic carbocycles. The van der Waals surface area contributed by atoms with Crippen molar-refractivity contribution in [3.05, 3.63) is 0 Å². The number of halogens is 3. The van der Waals surface area contributed by atoms with Gasteiger partial charge in [0, 0.05) is 19.7 Å². The quantitative estimate of drug-likeness (QED) is 0.693. The van der Waals surface area contributed by atoms with E-state index >= 15 is 0 Å². The first kappa shape index (κ1) is 10.8. The number of hydrogen-bond acceptors (Lipinski definition) is 2. The van der Waals surface area contributed by atoms with Crippen LogP contribution in [0.3, 0.4) is 0 Å². The second-order valence-corrected chi connectivity index (χ2v) is 3.20. The van der Waals surface area contributed by atoms with Crippen LogP contribution in [0.4, 0.5) is 13.2 Å². The van der Waals surface area contributed by atoms with Gasteiger partial charge in [0.1, 0.15) is 0 Å². The molecule has 1 fully saturated rings. The third kappa shape index (κ3) is 5.10. The van der Waals surface area contributed by atoms with Crippen molar-refractivity contribution < 1.29 is 17.9 Å². The fraction of sp³-hybridized carbons (Fsp3) is 1.00. The predicted molar refractivity (Wildman–Crippen MR) is 42.5 cm³/mol. The Kier molecular flexibility index (Phi) is 3.99. The molecule has 0 bridgehead atoms. The molecule has 0 aromatic rings. The van der Waals surface area contributed by atoms with Gasteiger partial charge in [0.2, 0.25) is 0 Å². The molecular formula is C8H14F3NO. The van der Waals surface area contributed by atoms with E-state index in [1.165, 1.54) is 0 Å². The lowest BCUT2D eigenvalue weighted by molar-refractivity contribution is -0.133. The number of ether oxygens (including phenoxy) is 1. The molecule has 0 aromatic heterocycles. The Bertz CT molecular complexity index is 143. The standard InChI is InChI=1S/C8H14F3NO/c9-8(10,11)3-4-12-6-7-2-1-5-13-7/h7,12H,1-6H2. The van der Waals surface area contributed by atoms with Crippen LogP contribution < -0.4 is 5.32 Å². The van der Waals surface area contributed by atoms with E-state index in [1.54, 1.807) is 0 Å². The molecule has 1 aliphatic rings. The highest BCUT2D eigenvalue weighted by Crippen LogP contribution is 2.18. The second kappa shape index (κ2) is 4.81. The van der Waals surface area contributed by atoms with Crippen LogP contribution in [0.2, 0.25) is 0 Å². The monoisotopic (exact) mass is 197 g/mol. The highest BCUT2D eigenvalue weighted by molar-refractivity contribution is 4.67. The van der Waals surface area contributed by atoms with Crippen molar-refractivity contribution in [1.82, 2.24) is 5.32 Å². The van der Waals surface area contributed by atoms with Gasteiger partial charge in [-0.2, -0.15) is 13.2 Å². The van der Waals surface area contributed by atoms with E-state index in [-0.39, 0.29) is 12.6 Å². The van der Waals surface area contributed by atoms with Gasteiger partial charge in [0.05, 0.1) is 12.5 Å². The van der Waals surface area contributed by atoms with Crippen LogP contribution in [0.15, 0.2) is 0 Å². The molecule has 5 heteroatoms. The molecule has 1 aliphatic heterocycles.